The first kappa shape index (κ1) is 22.8. The van der Waals surface area contributed by atoms with Crippen LogP contribution in [0.2, 0.25) is 0 Å². The van der Waals surface area contributed by atoms with E-state index < -0.39 is 12.7 Å². The lowest BCUT2D eigenvalue weighted by Gasteiger charge is -2.32. The van der Waals surface area contributed by atoms with Gasteiger partial charge in [0.15, 0.2) is 5.96 Å². The lowest BCUT2D eigenvalue weighted by atomic mass is 9.93. The Morgan fingerprint density at radius 3 is 2.20 bits per heavy atom. The minimum atomic E-state index is -4.09. The maximum atomic E-state index is 12.4. The van der Waals surface area contributed by atoms with Gasteiger partial charge in [-0.1, -0.05) is 25.7 Å². The number of likely N-dealkylation sites (tertiary alicyclic amines) is 1. The quantitative estimate of drug-likeness (QED) is 0.274. The zero-order valence-corrected chi connectivity index (χ0v) is 17.2. The van der Waals surface area contributed by atoms with Crippen molar-refractivity contribution in [1.29, 1.82) is 0 Å². The van der Waals surface area contributed by atoms with Crippen LogP contribution in [-0.2, 0) is 0 Å². The van der Waals surface area contributed by atoms with E-state index in [0.29, 0.717) is 37.6 Å². The molecule has 0 aromatic rings. The van der Waals surface area contributed by atoms with Crippen LogP contribution in [0.3, 0.4) is 0 Å². The zero-order valence-electron chi connectivity index (χ0n) is 14.9. The number of rotatable bonds is 5. The van der Waals surface area contributed by atoms with Crippen LogP contribution in [0.4, 0.5) is 13.2 Å². The number of nitrogens with two attached hydrogens (primary N) is 1. The summed E-state index contributed by atoms with van der Waals surface area (Å²) in [4.78, 5) is 5.91. The maximum Gasteiger partial charge on any atom is 0.401 e. The molecule has 3 N–H and O–H groups in total. The fourth-order valence-electron chi connectivity index (χ4n) is 3.73. The van der Waals surface area contributed by atoms with Gasteiger partial charge in [0.2, 0.25) is 0 Å². The van der Waals surface area contributed by atoms with Crippen LogP contribution in [0.5, 0.6) is 0 Å². The highest BCUT2D eigenvalue weighted by Crippen LogP contribution is 2.24. The van der Waals surface area contributed by atoms with Gasteiger partial charge in [-0.05, 0) is 51.1 Å². The minimum absolute atomic E-state index is 0. The van der Waals surface area contributed by atoms with Crippen LogP contribution in [0, 0.1) is 5.92 Å². The number of nitrogens with one attached hydrogen (secondary N) is 1. The number of nitrogens with zero attached hydrogens (tertiary/aromatic N) is 2. The SMILES string of the molecule is I.NC(=NCCC1CCN(CC(F)(F)F)CC1)NC1CCCCCC1. The molecule has 1 aliphatic carbocycles. The van der Waals surface area contributed by atoms with E-state index in [1.165, 1.54) is 30.6 Å². The average Bonchev–Trinajstić information content (AvgIpc) is 2.76. The summed E-state index contributed by atoms with van der Waals surface area (Å²) in [5, 5.41) is 3.32. The zero-order chi connectivity index (χ0) is 17.4. The first-order valence-corrected chi connectivity index (χ1v) is 9.28. The van der Waals surface area contributed by atoms with Gasteiger partial charge in [0, 0.05) is 12.6 Å². The first-order valence-electron chi connectivity index (χ1n) is 9.28. The molecule has 0 unspecified atom stereocenters. The second-order valence-corrected chi connectivity index (χ2v) is 7.22. The summed E-state index contributed by atoms with van der Waals surface area (Å²) in [6, 6.07) is 0.446. The van der Waals surface area contributed by atoms with Crippen molar-refractivity contribution in [2.45, 2.75) is 70.0 Å². The van der Waals surface area contributed by atoms with Crippen LogP contribution in [-0.4, -0.2) is 49.3 Å². The molecule has 0 radical (unpaired) electrons. The summed E-state index contributed by atoms with van der Waals surface area (Å²) in [5.74, 6) is 0.986. The molecule has 0 spiro atoms. The molecule has 0 bridgehead atoms. The smallest absolute Gasteiger partial charge is 0.370 e. The molecule has 0 aromatic carbocycles. The van der Waals surface area contributed by atoms with E-state index in [2.05, 4.69) is 10.3 Å². The van der Waals surface area contributed by atoms with Crippen molar-refractivity contribution < 1.29 is 13.2 Å². The first-order chi connectivity index (χ1) is 11.4. The van der Waals surface area contributed by atoms with Crippen molar-refractivity contribution >= 4 is 29.9 Å². The van der Waals surface area contributed by atoms with Crippen LogP contribution < -0.4 is 11.1 Å². The Bertz CT molecular complexity index is 388. The Hall–Kier alpha value is -0.250. The van der Waals surface area contributed by atoms with E-state index in [1.807, 2.05) is 0 Å². The second-order valence-electron chi connectivity index (χ2n) is 7.22. The third-order valence-corrected chi connectivity index (χ3v) is 5.14. The van der Waals surface area contributed by atoms with Gasteiger partial charge in [-0.2, -0.15) is 13.2 Å². The maximum absolute atomic E-state index is 12.4. The van der Waals surface area contributed by atoms with Crippen molar-refractivity contribution in [2.24, 2.45) is 16.6 Å². The molecule has 0 atom stereocenters. The van der Waals surface area contributed by atoms with E-state index in [0.717, 1.165) is 32.1 Å². The van der Waals surface area contributed by atoms with Crippen molar-refractivity contribution in [3.05, 3.63) is 0 Å². The highest BCUT2D eigenvalue weighted by Gasteiger charge is 2.32. The molecular weight excluding hydrogens is 444 g/mol. The fourth-order valence-corrected chi connectivity index (χ4v) is 3.73. The van der Waals surface area contributed by atoms with Gasteiger partial charge in [-0.25, -0.2) is 0 Å². The number of piperidine rings is 1. The molecule has 2 fully saturated rings. The number of hydrogen-bond acceptors (Lipinski definition) is 2. The third-order valence-electron chi connectivity index (χ3n) is 5.14. The molecule has 1 saturated carbocycles. The van der Waals surface area contributed by atoms with E-state index >= 15 is 0 Å². The molecule has 1 saturated heterocycles. The lowest BCUT2D eigenvalue weighted by Crippen LogP contribution is -2.40. The fraction of sp³-hybridized carbons (Fsp3) is 0.941. The Morgan fingerprint density at radius 1 is 1.04 bits per heavy atom. The van der Waals surface area contributed by atoms with Gasteiger partial charge in [0.1, 0.15) is 0 Å². The molecule has 8 heteroatoms. The second kappa shape index (κ2) is 11.5. The summed E-state index contributed by atoms with van der Waals surface area (Å²) < 4.78 is 37.1. The third kappa shape index (κ3) is 9.86. The number of halogens is 4. The van der Waals surface area contributed by atoms with E-state index in [4.69, 9.17) is 5.73 Å². The van der Waals surface area contributed by atoms with Crippen LogP contribution in [0.1, 0.15) is 57.8 Å². The largest absolute Gasteiger partial charge is 0.401 e. The molecule has 25 heavy (non-hydrogen) atoms. The summed E-state index contributed by atoms with van der Waals surface area (Å²) in [6.07, 6.45) is 5.90. The predicted molar refractivity (Wildman–Crippen MR) is 106 cm³/mol. The molecule has 148 valence electrons. The minimum Gasteiger partial charge on any atom is -0.370 e. The number of guanidine groups is 1. The van der Waals surface area contributed by atoms with E-state index in [-0.39, 0.29) is 24.0 Å². The van der Waals surface area contributed by atoms with Gasteiger partial charge < -0.3 is 11.1 Å². The highest BCUT2D eigenvalue weighted by atomic mass is 127. The van der Waals surface area contributed by atoms with Crippen molar-refractivity contribution in [2.75, 3.05) is 26.2 Å². The van der Waals surface area contributed by atoms with Gasteiger partial charge >= 0.3 is 6.18 Å². The monoisotopic (exact) mass is 476 g/mol. The number of alkyl halides is 3. The molecule has 2 aliphatic rings. The highest BCUT2D eigenvalue weighted by molar-refractivity contribution is 14.0. The Balaban J connectivity index is 0.00000312. The molecular formula is C17H32F3IN4. The summed E-state index contributed by atoms with van der Waals surface area (Å²) in [5.41, 5.74) is 5.97. The molecule has 2 rings (SSSR count). The van der Waals surface area contributed by atoms with E-state index in [1.54, 1.807) is 0 Å². The van der Waals surface area contributed by atoms with Crippen LogP contribution in [0.15, 0.2) is 4.99 Å². The van der Waals surface area contributed by atoms with Crippen molar-refractivity contribution in [3.63, 3.8) is 0 Å². The Labute approximate surface area is 166 Å². The number of aliphatic imine (C=N–C) groups is 1. The topological polar surface area (TPSA) is 53.6 Å². The van der Waals surface area contributed by atoms with E-state index in [9.17, 15) is 13.2 Å². The van der Waals surface area contributed by atoms with Crippen molar-refractivity contribution in [1.82, 2.24) is 10.2 Å². The Morgan fingerprint density at radius 2 is 1.64 bits per heavy atom. The molecule has 1 heterocycles. The average molecular weight is 476 g/mol. The summed E-state index contributed by atoms with van der Waals surface area (Å²) in [6.45, 7) is 0.943. The Kier molecular flexibility index (Phi) is 10.4. The predicted octanol–water partition coefficient (Wildman–Crippen LogP) is 3.90. The molecule has 0 aromatic heterocycles. The lowest BCUT2D eigenvalue weighted by molar-refractivity contribution is -0.148. The van der Waals surface area contributed by atoms with Crippen LogP contribution in [0.25, 0.3) is 0 Å². The molecule has 4 nitrogen and oxygen atoms in total. The van der Waals surface area contributed by atoms with Crippen LogP contribution >= 0.6 is 24.0 Å². The summed E-state index contributed by atoms with van der Waals surface area (Å²) >= 11 is 0. The van der Waals surface area contributed by atoms with Gasteiger partial charge in [0.05, 0.1) is 6.54 Å². The normalized spacial score (nSPS) is 22.3. The molecule has 0 amide bonds. The standard InChI is InChI=1S/C17H31F3N4.HI/c18-17(19,20)13-24-11-8-14(9-12-24)7-10-22-16(21)23-15-5-3-1-2-4-6-15;/h14-15H,1-13H2,(H3,21,22,23);1H. The van der Waals surface area contributed by atoms with Gasteiger partial charge in [-0.3, -0.25) is 9.89 Å². The summed E-state index contributed by atoms with van der Waals surface area (Å²) in [7, 11) is 0. The van der Waals surface area contributed by atoms with Gasteiger partial charge in [0.25, 0.3) is 0 Å². The van der Waals surface area contributed by atoms with Gasteiger partial charge in [-0.15, -0.1) is 24.0 Å². The van der Waals surface area contributed by atoms with Crippen molar-refractivity contribution in [3.8, 4) is 0 Å². The molecule has 1 aliphatic heterocycles. The number of hydrogen-bond donors (Lipinski definition) is 2.